The molecule has 5 heteroatoms. The summed E-state index contributed by atoms with van der Waals surface area (Å²) in [6, 6.07) is 26.9. The molecule has 0 aliphatic rings. The van der Waals surface area contributed by atoms with E-state index in [1.54, 1.807) is 30.3 Å². The highest BCUT2D eigenvalue weighted by molar-refractivity contribution is 6.03. The normalized spacial score (nSPS) is 10.9. The lowest BCUT2D eigenvalue weighted by molar-refractivity contribution is 0.0996. The van der Waals surface area contributed by atoms with Crippen LogP contribution in [0.1, 0.15) is 10.6 Å². The highest BCUT2D eigenvalue weighted by atomic mass is 16.3. The molecule has 0 atom stereocenters. The number of carbonyl (C=O) groups excluding carboxylic acids is 1. The third-order valence-electron chi connectivity index (χ3n) is 4.63. The number of nitrogens with zero attached hydrogens (tertiary/aromatic N) is 1. The van der Waals surface area contributed by atoms with Crippen molar-refractivity contribution in [2.45, 2.75) is 0 Å². The molecule has 0 aliphatic heterocycles. The summed E-state index contributed by atoms with van der Waals surface area (Å²) < 4.78 is 11.0. The van der Waals surface area contributed by atoms with E-state index in [2.05, 4.69) is 34.6 Å². The van der Waals surface area contributed by atoms with Crippen molar-refractivity contribution in [1.82, 2.24) is 4.98 Å². The summed E-state index contributed by atoms with van der Waals surface area (Å²) in [4.78, 5) is 16.7. The van der Waals surface area contributed by atoms with E-state index in [1.807, 2.05) is 30.3 Å². The van der Waals surface area contributed by atoms with Crippen molar-refractivity contribution < 1.29 is 13.6 Å². The van der Waals surface area contributed by atoms with E-state index >= 15 is 0 Å². The van der Waals surface area contributed by atoms with E-state index in [1.165, 1.54) is 6.26 Å². The highest BCUT2D eigenvalue weighted by Gasteiger charge is 2.12. The first-order chi connectivity index (χ1) is 14.3. The Morgan fingerprint density at radius 1 is 0.793 bits per heavy atom. The van der Waals surface area contributed by atoms with Crippen molar-refractivity contribution in [3.8, 4) is 22.6 Å². The minimum absolute atomic E-state index is 0.254. The lowest BCUT2D eigenvalue weighted by atomic mass is 10.0. The second kappa shape index (κ2) is 7.13. The highest BCUT2D eigenvalue weighted by Crippen LogP contribution is 2.28. The average Bonchev–Trinajstić information content (AvgIpc) is 3.44. The molecule has 29 heavy (non-hydrogen) atoms. The summed E-state index contributed by atoms with van der Waals surface area (Å²) >= 11 is 0. The fourth-order valence-electron chi connectivity index (χ4n) is 3.16. The van der Waals surface area contributed by atoms with E-state index < -0.39 is 0 Å². The van der Waals surface area contributed by atoms with Gasteiger partial charge in [0, 0.05) is 11.3 Å². The number of furan rings is 1. The Hall–Kier alpha value is -4.12. The van der Waals surface area contributed by atoms with Crippen molar-refractivity contribution in [3.63, 3.8) is 0 Å². The molecule has 1 N–H and O–H groups in total. The SMILES string of the molecule is O=C(Nc1ccc2oc(-c3ccc(-c4ccccc4)cc3)nc2c1)c1ccco1. The van der Waals surface area contributed by atoms with Crippen LogP contribution in [0.4, 0.5) is 5.69 Å². The van der Waals surface area contributed by atoms with Crippen LogP contribution in [0.2, 0.25) is 0 Å². The van der Waals surface area contributed by atoms with Crippen molar-refractivity contribution in [2.24, 2.45) is 0 Å². The van der Waals surface area contributed by atoms with Gasteiger partial charge in [0.1, 0.15) is 5.52 Å². The summed E-state index contributed by atoms with van der Waals surface area (Å²) in [5, 5.41) is 2.80. The van der Waals surface area contributed by atoms with Gasteiger partial charge in [0.2, 0.25) is 5.89 Å². The minimum atomic E-state index is -0.311. The van der Waals surface area contributed by atoms with Crippen LogP contribution in [-0.2, 0) is 0 Å². The fraction of sp³-hybridized carbons (Fsp3) is 0. The molecular formula is C24H16N2O3. The molecule has 0 unspecified atom stereocenters. The van der Waals surface area contributed by atoms with Gasteiger partial charge in [-0.25, -0.2) is 4.98 Å². The summed E-state index contributed by atoms with van der Waals surface area (Å²) in [7, 11) is 0. The van der Waals surface area contributed by atoms with Gasteiger partial charge in [0.05, 0.1) is 6.26 Å². The van der Waals surface area contributed by atoms with E-state index in [0.29, 0.717) is 22.7 Å². The van der Waals surface area contributed by atoms with Gasteiger partial charge in [-0.3, -0.25) is 4.79 Å². The second-order valence-electron chi connectivity index (χ2n) is 6.58. The van der Waals surface area contributed by atoms with Gasteiger partial charge in [-0.1, -0.05) is 42.5 Å². The Kier molecular flexibility index (Phi) is 4.18. The number of rotatable bonds is 4. The first kappa shape index (κ1) is 17.0. The van der Waals surface area contributed by atoms with Crippen LogP contribution in [-0.4, -0.2) is 10.9 Å². The number of amides is 1. The number of aromatic nitrogens is 1. The van der Waals surface area contributed by atoms with Crippen molar-refractivity contribution >= 4 is 22.7 Å². The number of hydrogen-bond acceptors (Lipinski definition) is 4. The third kappa shape index (κ3) is 3.41. The van der Waals surface area contributed by atoms with E-state index in [4.69, 9.17) is 8.83 Å². The molecule has 0 aliphatic carbocycles. The fourth-order valence-corrected chi connectivity index (χ4v) is 3.16. The molecule has 5 nitrogen and oxygen atoms in total. The number of benzene rings is 3. The molecule has 2 heterocycles. The maximum absolute atomic E-state index is 12.1. The van der Waals surface area contributed by atoms with Gasteiger partial charge in [-0.2, -0.15) is 0 Å². The first-order valence-corrected chi connectivity index (χ1v) is 9.17. The van der Waals surface area contributed by atoms with Gasteiger partial charge < -0.3 is 14.2 Å². The summed E-state index contributed by atoms with van der Waals surface area (Å²) in [6.07, 6.45) is 1.46. The van der Waals surface area contributed by atoms with Gasteiger partial charge in [-0.15, -0.1) is 0 Å². The largest absolute Gasteiger partial charge is 0.459 e. The van der Waals surface area contributed by atoms with Crippen molar-refractivity contribution in [3.05, 3.63) is 97.0 Å². The Morgan fingerprint density at radius 2 is 1.55 bits per heavy atom. The van der Waals surface area contributed by atoms with Crippen molar-refractivity contribution in [2.75, 3.05) is 5.32 Å². The maximum atomic E-state index is 12.1. The molecule has 2 aromatic heterocycles. The lowest BCUT2D eigenvalue weighted by Gasteiger charge is -2.02. The number of hydrogen-bond donors (Lipinski definition) is 1. The van der Waals surface area contributed by atoms with Crippen LogP contribution in [0.15, 0.2) is 100 Å². The average molecular weight is 380 g/mol. The smallest absolute Gasteiger partial charge is 0.291 e. The quantitative estimate of drug-likeness (QED) is 0.415. The molecule has 5 aromatic rings. The van der Waals surface area contributed by atoms with Crippen LogP contribution in [0, 0.1) is 0 Å². The molecule has 0 saturated heterocycles. The Labute approximate surface area is 166 Å². The maximum Gasteiger partial charge on any atom is 0.291 e. The zero-order valence-corrected chi connectivity index (χ0v) is 15.3. The summed E-state index contributed by atoms with van der Waals surface area (Å²) in [6.45, 7) is 0. The van der Waals surface area contributed by atoms with Crippen LogP contribution in [0.5, 0.6) is 0 Å². The molecule has 0 fully saturated rings. The lowest BCUT2D eigenvalue weighted by Crippen LogP contribution is -2.10. The molecule has 0 spiro atoms. The summed E-state index contributed by atoms with van der Waals surface area (Å²) in [5.74, 6) is 0.480. The van der Waals surface area contributed by atoms with Gasteiger partial charge in [0.15, 0.2) is 11.3 Å². The molecule has 0 bridgehead atoms. The number of anilines is 1. The number of nitrogens with one attached hydrogen (secondary N) is 1. The number of oxazole rings is 1. The zero-order valence-electron chi connectivity index (χ0n) is 15.3. The second-order valence-corrected chi connectivity index (χ2v) is 6.58. The van der Waals surface area contributed by atoms with Crippen LogP contribution >= 0.6 is 0 Å². The van der Waals surface area contributed by atoms with Crippen LogP contribution in [0.25, 0.3) is 33.7 Å². The number of carbonyl (C=O) groups is 1. The Morgan fingerprint density at radius 3 is 2.31 bits per heavy atom. The Balaban J connectivity index is 1.40. The molecule has 140 valence electrons. The predicted molar refractivity (Wildman–Crippen MR) is 112 cm³/mol. The molecule has 0 radical (unpaired) electrons. The van der Waals surface area contributed by atoms with Crippen molar-refractivity contribution in [1.29, 1.82) is 0 Å². The summed E-state index contributed by atoms with van der Waals surface area (Å²) in [5.41, 5.74) is 5.13. The predicted octanol–water partition coefficient (Wildman–Crippen LogP) is 6.01. The number of fused-ring (bicyclic) bond motifs is 1. The minimum Gasteiger partial charge on any atom is -0.459 e. The van der Waals surface area contributed by atoms with Gasteiger partial charge >= 0.3 is 0 Å². The van der Waals surface area contributed by atoms with E-state index in [0.717, 1.165) is 16.7 Å². The first-order valence-electron chi connectivity index (χ1n) is 9.17. The molecule has 1 amide bonds. The molecule has 0 saturated carbocycles. The van der Waals surface area contributed by atoms with E-state index in [-0.39, 0.29) is 11.7 Å². The van der Waals surface area contributed by atoms with Gasteiger partial charge in [-0.05, 0) is 53.6 Å². The topological polar surface area (TPSA) is 68.3 Å². The molecular weight excluding hydrogens is 364 g/mol. The zero-order chi connectivity index (χ0) is 19.6. The van der Waals surface area contributed by atoms with E-state index in [9.17, 15) is 4.79 Å². The monoisotopic (exact) mass is 380 g/mol. The molecule has 5 rings (SSSR count). The van der Waals surface area contributed by atoms with Crippen LogP contribution < -0.4 is 5.32 Å². The standard InChI is InChI=1S/C24H16N2O3/c27-23(22-7-4-14-28-22)25-19-12-13-21-20(15-19)26-24(29-21)18-10-8-17(9-11-18)16-5-2-1-3-6-16/h1-15H,(H,25,27). The van der Waals surface area contributed by atoms with Crippen LogP contribution in [0.3, 0.4) is 0 Å². The molecule has 3 aromatic carbocycles. The van der Waals surface area contributed by atoms with Gasteiger partial charge in [0.25, 0.3) is 5.91 Å². The Bertz CT molecular complexity index is 1270. The third-order valence-corrected chi connectivity index (χ3v) is 4.63.